The van der Waals surface area contributed by atoms with E-state index in [0.717, 1.165) is 29.7 Å². The van der Waals surface area contributed by atoms with E-state index in [-0.39, 0.29) is 29.8 Å². The van der Waals surface area contributed by atoms with Gasteiger partial charge in [0.2, 0.25) is 5.91 Å². The summed E-state index contributed by atoms with van der Waals surface area (Å²) in [5.74, 6) is 6.98. The van der Waals surface area contributed by atoms with Gasteiger partial charge < -0.3 is 19.8 Å². The number of para-hydroxylation sites is 1. The molecule has 6 atom stereocenters. The fourth-order valence-corrected chi connectivity index (χ4v) is 4.63. The molecule has 0 saturated heterocycles. The predicted octanol–water partition coefficient (Wildman–Crippen LogP) is 3.29. The number of hydrogen-bond acceptors (Lipinski definition) is 4. The van der Waals surface area contributed by atoms with Crippen LogP contribution in [-0.2, 0) is 11.2 Å². The maximum atomic E-state index is 11.9. The highest BCUT2D eigenvalue weighted by Crippen LogP contribution is 2.52. The smallest absolute Gasteiger partial charge is 0.222 e. The summed E-state index contributed by atoms with van der Waals surface area (Å²) in [6.45, 7) is 3.78. The zero-order chi connectivity index (χ0) is 22.5. The van der Waals surface area contributed by atoms with Crippen molar-refractivity contribution in [1.82, 2.24) is 4.90 Å². The van der Waals surface area contributed by atoms with E-state index >= 15 is 0 Å². The molecule has 3 rings (SSSR count). The normalized spacial score (nSPS) is 25.9. The summed E-state index contributed by atoms with van der Waals surface area (Å²) in [5.41, 5.74) is 2.26. The number of aliphatic hydroxyl groups excluding tert-OH is 2. The number of fused-ring (bicyclic) bond motifs is 3. The van der Waals surface area contributed by atoms with Gasteiger partial charge >= 0.3 is 0 Å². The van der Waals surface area contributed by atoms with E-state index in [1.165, 1.54) is 0 Å². The van der Waals surface area contributed by atoms with Crippen LogP contribution in [0.1, 0.15) is 56.6 Å². The molecule has 168 valence electrons. The molecule has 1 amide bonds. The molecule has 0 unspecified atom stereocenters. The molecule has 31 heavy (non-hydrogen) atoms. The molecule has 1 fully saturated rings. The lowest BCUT2D eigenvalue weighted by atomic mass is 9.86. The summed E-state index contributed by atoms with van der Waals surface area (Å²) in [5, 5.41) is 21.1. The first-order chi connectivity index (χ1) is 14.8. The van der Waals surface area contributed by atoms with Crippen molar-refractivity contribution in [2.45, 2.75) is 70.2 Å². The summed E-state index contributed by atoms with van der Waals surface area (Å²) in [6, 6.07) is 6.20. The highest BCUT2D eigenvalue weighted by atomic mass is 16.5. The minimum Gasteiger partial charge on any atom is -0.489 e. The van der Waals surface area contributed by atoms with Crippen molar-refractivity contribution in [2.24, 2.45) is 11.8 Å². The summed E-state index contributed by atoms with van der Waals surface area (Å²) in [4.78, 5) is 13.5. The van der Waals surface area contributed by atoms with Crippen LogP contribution < -0.4 is 4.74 Å². The van der Waals surface area contributed by atoms with Crippen LogP contribution in [0.25, 0.3) is 0 Å². The van der Waals surface area contributed by atoms with Crippen LogP contribution in [0.2, 0.25) is 0 Å². The molecule has 1 heterocycles. The molecule has 1 aliphatic carbocycles. The number of carbonyl (C=O) groups is 1. The van der Waals surface area contributed by atoms with Crippen molar-refractivity contribution >= 4 is 5.91 Å². The Morgan fingerprint density at radius 3 is 2.87 bits per heavy atom. The Labute approximate surface area is 186 Å². The van der Waals surface area contributed by atoms with Crippen molar-refractivity contribution in [1.29, 1.82) is 0 Å². The van der Waals surface area contributed by atoms with Gasteiger partial charge in [-0.05, 0) is 31.2 Å². The van der Waals surface area contributed by atoms with Gasteiger partial charge in [-0.15, -0.1) is 11.8 Å². The van der Waals surface area contributed by atoms with E-state index in [9.17, 15) is 15.0 Å². The van der Waals surface area contributed by atoms with E-state index in [1.807, 2.05) is 25.1 Å². The Morgan fingerprint density at radius 2 is 2.16 bits per heavy atom. The maximum absolute atomic E-state index is 11.9. The zero-order valence-electron chi connectivity index (χ0n) is 19.0. The molecule has 2 aliphatic rings. The second-order valence-corrected chi connectivity index (χ2v) is 9.02. The summed E-state index contributed by atoms with van der Waals surface area (Å²) in [6.07, 6.45) is 5.98. The lowest BCUT2D eigenvalue weighted by Crippen LogP contribution is -2.21. The van der Waals surface area contributed by atoms with E-state index in [4.69, 9.17) is 4.74 Å². The van der Waals surface area contributed by atoms with Gasteiger partial charge in [-0.3, -0.25) is 4.79 Å². The average Bonchev–Trinajstić information content (AvgIpc) is 3.25. The maximum Gasteiger partial charge on any atom is 0.222 e. The molecular weight excluding hydrogens is 390 g/mol. The third-order valence-corrected chi connectivity index (χ3v) is 6.54. The molecule has 0 spiro atoms. The van der Waals surface area contributed by atoms with Gasteiger partial charge in [0, 0.05) is 50.8 Å². The van der Waals surface area contributed by atoms with Crippen LogP contribution in [0.4, 0.5) is 0 Å². The van der Waals surface area contributed by atoms with Crippen LogP contribution in [0.5, 0.6) is 5.75 Å². The predicted molar refractivity (Wildman–Crippen MR) is 122 cm³/mol. The molecule has 1 aromatic rings. The first-order valence-electron chi connectivity index (χ1n) is 11.3. The van der Waals surface area contributed by atoms with E-state index in [0.29, 0.717) is 19.3 Å². The Hall–Kier alpha value is -2.29. The molecule has 1 aromatic carbocycles. The number of benzene rings is 1. The third kappa shape index (κ3) is 5.31. The number of carbonyl (C=O) groups excluding carboxylic acids is 1. The molecular formula is C26H35NO4. The summed E-state index contributed by atoms with van der Waals surface area (Å²) < 4.78 is 6.31. The minimum atomic E-state index is -0.588. The van der Waals surface area contributed by atoms with Gasteiger partial charge in [0.1, 0.15) is 11.9 Å². The molecule has 2 N–H and O–H groups in total. The van der Waals surface area contributed by atoms with Gasteiger partial charge in [0.25, 0.3) is 0 Å². The highest BCUT2D eigenvalue weighted by Gasteiger charge is 2.48. The van der Waals surface area contributed by atoms with Crippen molar-refractivity contribution < 1.29 is 19.7 Å². The second kappa shape index (κ2) is 10.3. The van der Waals surface area contributed by atoms with E-state index < -0.39 is 12.2 Å². The topological polar surface area (TPSA) is 70.0 Å². The van der Waals surface area contributed by atoms with Crippen LogP contribution >= 0.6 is 0 Å². The van der Waals surface area contributed by atoms with E-state index in [2.05, 4.69) is 24.0 Å². The van der Waals surface area contributed by atoms with Crippen LogP contribution in [0, 0.1) is 23.7 Å². The van der Waals surface area contributed by atoms with Crippen molar-refractivity contribution in [2.75, 3.05) is 14.1 Å². The average molecular weight is 426 g/mol. The molecule has 1 aliphatic heterocycles. The fourth-order valence-electron chi connectivity index (χ4n) is 4.63. The number of aliphatic hydroxyl groups is 2. The van der Waals surface area contributed by atoms with Crippen molar-refractivity contribution in [3.05, 3.63) is 41.5 Å². The Morgan fingerprint density at radius 1 is 1.39 bits per heavy atom. The van der Waals surface area contributed by atoms with Crippen LogP contribution in [-0.4, -0.2) is 53.4 Å². The molecule has 0 bridgehead atoms. The van der Waals surface area contributed by atoms with Crippen LogP contribution in [0.3, 0.4) is 0 Å². The number of aryl methyl sites for hydroxylation is 1. The van der Waals surface area contributed by atoms with Gasteiger partial charge in [0.15, 0.2) is 0 Å². The first-order valence-corrected chi connectivity index (χ1v) is 11.3. The number of ether oxygens (including phenoxy) is 1. The molecule has 1 saturated carbocycles. The quantitative estimate of drug-likeness (QED) is 0.495. The number of hydrogen-bond donors (Lipinski definition) is 2. The monoisotopic (exact) mass is 425 g/mol. The molecule has 0 radical (unpaired) electrons. The van der Waals surface area contributed by atoms with Crippen molar-refractivity contribution in [3.8, 4) is 17.6 Å². The number of rotatable bonds is 8. The Balaban J connectivity index is 1.72. The van der Waals surface area contributed by atoms with E-state index in [1.54, 1.807) is 25.9 Å². The first kappa shape index (κ1) is 23.4. The molecule has 0 aromatic heterocycles. The molecule has 5 nitrogen and oxygen atoms in total. The third-order valence-electron chi connectivity index (χ3n) is 6.54. The lowest BCUT2D eigenvalue weighted by Gasteiger charge is -2.19. The summed E-state index contributed by atoms with van der Waals surface area (Å²) in [7, 11) is 3.56. The van der Waals surface area contributed by atoms with Gasteiger partial charge in [-0.2, -0.15) is 0 Å². The molecule has 5 heteroatoms. The number of nitrogens with zero attached hydrogens (tertiary/aromatic N) is 1. The zero-order valence-corrected chi connectivity index (χ0v) is 19.0. The SMILES string of the molecule is CC#CC[C@H](C)[C@H](O)/C=C/[C@@H]1[C@H]2c3cccc(CCCC(=O)N(C)C)c3O[C@H]2C[C@H]1O. The Bertz CT molecular complexity index is 866. The van der Waals surface area contributed by atoms with Gasteiger partial charge in [0.05, 0.1) is 12.2 Å². The highest BCUT2D eigenvalue weighted by molar-refractivity contribution is 5.75. The van der Waals surface area contributed by atoms with Crippen molar-refractivity contribution in [3.63, 3.8) is 0 Å². The largest absolute Gasteiger partial charge is 0.489 e. The fraction of sp³-hybridized carbons (Fsp3) is 0.577. The van der Waals surface area contributed by atoms with Crippen LogP contribution in [0.15, 0.2) is 30.4 Å². The van der Waals surface area contributed by atoms with Gasteiger partial charge in [-0.25, -0.2) is 0 Å². The second-order valence-electron chi connectivity index (χ2n) is 9.02. The number of amides is 1. The standard InChI is InChI=1S/C26H35NO4/c1-5-6-9-17(2)21(28)15-14-19-22(29)16-23-25(19)20-12-7-10-18(26(20)31-23)11-8-13-24(30)27(3)4/h7,10,12,14-15,17,19,21-23,25,28-29H,8-9,11,13,16H2,1-4H3/b15-14+/t17-,19-,21+,22+,23-,25-/m0/s1. The van der Waals surface area contributed by atoms with Gasteiger partial charge in [-0.1, -0.05) is 37.3 Å². The lowest BCUT2D eigenvalue weighted by molar-refractivity contribution is -0.128. The minimum absolute atomic E-state index is 0.0432. The Kier molecular flexibility index (Phi) is 7.80. The summed E-state index contributed by atoms with van der Waals surface area (Å²) >= 11 is 0.